The van der Waals surface area contributed by atoms with E-state index in [0.717, 1.165) is 36.3 Å². The summed E-state index contributed by atoms with van der Waals surface area (Å²) in [7, 11) is 2.10. The van der Waals surface area contributed by atoms with Crippen molar-refractivity contribution < 1.29 is 9.84 Å². The van der Waals surface area contributed by atoms with E-state index in [9.17, 15) is 5.11 Å². The fourth-order valence-corrected chi connectivity index (χ4v) is 2.87. The van der Waals surface area contributed by atoms with Crippen LogP contribution >= 0.6 is 12.4 Å². The molecule has 4 heteroatoms. The molecule has 1 unspecified atom stereocenters. The number of rotatable bonds is 8. The second-order valence-corrected chi connectivity index (χ2v) is 7.12. The first kappa shape index (κ1) is 22.3. The normalized spacial score (nSPS) is 12.1. The number of phenols is 1. The molecule has 0 amide bonds. The second-order valence-electron chi connectivity index (χ2n) is 7.12. The van der Waals surface area contributed by atoms with Crippen LogP contribution in [-0.2, 0) is 6.42 Å². The Labute approximate surface area is 164 Å². The molecule has 0 aromatic heterocycles. The first-order chi connectivity index (χ1) is 11.9. The molecule has 2 aromatic rings. The molecule has 144 valence electrons. The summed E-state index contributed by atoms with van der Waals surface area (Å²) in [6, 6.07) is 14.4. The van der Waals surface area contributed by atoms with Crippen molar-refractivity contribution in [2.75, 3.05) is 13.6 Å². The molecule has 0 aliphatic carbocycles. The molecule has 2 rings (SSSR count). The zero-order valence-corrected chi connectivity index (χ0v) is 17.3. The van der Waals surface area contributed by atoms with E-state index in [-0.39, 0.29) is 18.6 Å². The summed E-state index contributed by atoms with van der Waals surface area (Å²) in [4.78, 5) is 2.23. The molecule has 1 N–H and O–H groups in total. The minimum Gasteiger partial charge on any atom is -0.508 e. The van der Waals surface area contributed by atoms with Crippen LogP contribution in [0.25, 0.3) is 0 Å². The Morgan fingerprint density at radius 2 is 1.73 bits per heavy atom. The topological polar surface area (TPSA) is 32.7 Å². The highest BCUT2D eigenvalue weighted by atomic mass is 35.5. The van der Waals surface area contributed by atoms with Gasteiger partial charge in [-0.15, -0.1) is 12.4 Å². The predicted octanol–water partition coefficient (Wildman–Crippen LogP) is 5.54. The van der Waals surface area contributed by atoms with Crippen LogP contribution < -0.4 is 4.74 Å². The Morgan fingerprint density at radius 1 is 1.08 bits per heavy atom. The molecule has 0 saturated heterocycles. The van der Waals surface area contributed by atoms with E-state index < -0.39 is 0 Å². The lowest BCUT2D eigenvalue weighted by molar-refractivity contribution is 0.0589. The molecular formula is C22H32ClNO2. The molecule has 0 aliphatic heterocycles. The first-order valence-corrected chi connectivity index (χ1v) is 9.12. The maximum atomic E-state index is 9.98. The van der Waals surface area contributed by atoms with Gasteiger partial charge in [-0.3, -0.25) is 4.90 Å². The Bertz CT molecular complexity index is 673. The summed E-state index contributed by atoms with van der Waals surface area (Å²) in [6.07, 6.45) is 2.16. The number of aryl methyl sites for hydroxylation is 2. The number of benzene rings is 2. The van der Waals surface area contributed by atoms with E-state index >= 15 is 0 Å². The molecule has 0 saturated carbocycles. The maximum absolute atomic E-state index is 9.98. The van der Waals surface area contributed by atoms with Crippen molar-refractivity contribution in [1.82, 2.24) is 4.90 Å². The fourth-order valence-electron chi connectivity index (χ4n) is 2.87. The lowest BCUT2D eigenvalue weighted by Crippen LogP contribution is -2.35. The third-order valence-electron chi connectivity index (χ3n) is 4.69. The molecular weight excluding hydrogens is 346 g/mol. The summed E-state index contributed by atoms with van der Waals surface area (Å²) < 4.78 is 6.22. The van der Waals surface area contributed by atoms with E-state index in [1.165, 1.54) is 5.56 Å². The molecule has 0 heterocycles. The van der Waals surface area contributed by atoms with Crippen LogP contribution in [0.2, 0.25) is 0 Å². The Kier molecular flexibility index (Phi) is 8.97. The highest BCUT2D eigenvalue weighted by Crippen LogP contribution is 2.33. The third kappa shape index (κ3) is 6.22. The van der Waals surface area contributed by atoms with Gasteiger partial charge < -0.3 is 9.84 Å². The van der Waals surface area contributed by atoms with Crippen LogP contribution in [0.15, 0.2) is 42.5 Å². The monoisotopic (exact) mass is 377 g/mol. The van der Waals surface area contributed by atoms with Gasteiger partial charge in [0.05, 0.1) is 0 Å². The lowest BCUT2D eigenvalue weighted by Gasteiger charge is -2.27. The zero-order chi connectivity index (χ0) is 18.4. The van der Waals surface area contributed by atoms with Crippen molar-refractivity contribution in [2.24, 2.45) is 0 Å². The number of aromatic hydroxyl groups is 1. The van der Waals surface area contributed by atoms with E-state index in [0.29, 0.717) is 11.7 Å². The molecule has 0 radical (unpaired) electrons. The number of hydrogen-bond acceptors (Lipinski definition) is 3. The second kappa shape index (κ2) is 10.4. The Balaban J connectivity index is 0.00000338. The summed E-state index contributed by atoms with van der Waals surface area (Å²) in [5, 5.41) is 9.98. The van der Waals surface area contributed by atoms with Gasteiger partial charge in [0, 0.05) is 12.1 Å². The number of ether oxygens (including phenoxy) is 1. The Morgan fingerprint density at radius 3 is 2.35 bits per heavy atom. The van der Waals surface area contributed by atoms with Crippen molar-refractivity contribution in [3.63, 3.8) is 0 Å². The van der Waals surface area contributed by atoms with Crippen molar-refractivity contribution in [3.8, 4) is 11.5 Å². The van der Waals surface area contributed by atoms with E-state index in [1.54, 1.807) is 0 Å². The average molecular weight is 378 g/mol. The van der Waals surface area contributed by atoms with Gasteiger partial charge in [-0.05, 0) is 62.9 Å². The molecule has 26 heavy (non-hydrogen) atoms. The first-order valence-electron chi connectivity index (χ1n) is 9.12. The third-order valence-corrected chi connectivity index (χ3v) is 4.69. The maximum Gasteiger partial charge on any atom is 0.149 e. The van der Waals surface area contributed by atoms with Gasteiger partial charge in [-0.25, -0.2) is 0 Å². The van der Waals surface area contributed by atoms with E-state index in [2.05, 4.69) is 63.1 Å². The quantitative estimate of drug-likeness (QED) is 0.613. The van der Waals surface area contributed by atoms with Crippen LogP contribution in [-0.4, -0.2) is 29.8 Å². The molecule has 0 aliphatic rings. The molecule has 0 spiro atoms. The molecule has 2 aromatic carbocycles. The number of nitrogens with zero attached hydrogens (tertiary/aromatic N) is 1. The largest absolute Gasteiger partial charge is 0.508 e. The van der Waals surface area contributed by atoms with Crippen LogP contribution in [0, 0.1) is 6.92 Å². The number of halogens is 1. The molecule has 0 bridgehead atoms. The van der Waals surface area contributed by atoms with Crippen LogP contribution in [0.1, 0.15) is 49.8 Å². The van der Waals surface area contributed by atoms with Gasteiger partial charge in [-0.2, -0.15) is 0 Å². The summed E-state index contributed by atoms with van der Waals surface area (Å²) in [5.41, 5.74) is 3.27. The fraction of sp³-hybridized carbons (Fsp3) is 0.455. The highest BCUT2D eigenvalue weighted by Gasteiger charge is 2.16. The van der Waals surface area contributed by atoms with Crippen LogP contribution in [0.3, 0.4) is 0 Å². The van der Waals surface area contributed by atoms with Crippen LogP contribution in [0.4, 0.5) is 0 Å². The summed E-state index contributed by atoms with van der Waals surface area (Å²) in [5.74, 6) is 1.50. The summed E-state index contributed by atoms with van der Waals surface area (Å²) in [6.45, 7) is 9.19. The molecule has 1 atom stereocenters. The number of phenolic OH excluding ortho intramolecular Hbond substituents is 1. The Hall–Kier alpha value is -1.71. The van der Waals surface area contributed by atoms with E-state index in [4.69, 9.17) is 4.74 Å². The van der Waals surface area contributed by atoms with Crippen molar-refractivity contribution >= 4 is 12.4 Å². The van der Waals surface area contributed by atoms with Gasteiger partial charge >= 0.3 is 0 Å². The van der Waals surface area contributed by atoms with E-state index in [1.807, 2.05) is 19.1 Å². The molecule has 0 fully saturated rings. The summed E-state index contributed by atoms with van der Waals surface area (Å²) >= 11 is 0. The standard InChI is InChI=1S/C22H31NO2.ClH/c1-16(2)20-15-21(24)17(3)14-22(20)25-18(4)23(5)13-9-12-19-10-7-6-8-11-19;/h6-8,10-11,14-16,18,24H,9,12-13H2,1-5H3;1H. The zero-order valence-electron chi connectivity index (χ0n) is 16.5. The lowest BCUT2D eigenvalue weighted by atomic mass is 10.00. The smallest absolute Gasteiger partial charge is 0.149 e. The van der Waals surface area contributed by atoms with Gasteiger partial charge in [-0.1, -0.05) is 44.2 Å². The predicted molar refractivity (Wildman–Crippen MR) is 112 cm³/mol. The van der Waals surface area contributed by atoms with Crippen molar-refractivity contribution in [1.29, 1.82) is 0 Å². The van der Waals surface area contributed by atoms with Gasteiger partial charge in [0.15, 0.2) is 0 Å². The van der Waals surface area contributed by atoms with Crippen molar-refractivity contribution in [3.05, 3.63) is 59.2 Å². The highest BCUT2D eigenvalue weighted by molar-refractivity contribution is 5.85. The average Bonchev–Trinajstić information content (AvgIpc) is 2.58. The SMILES string of the molecule is Cc1cc(OC(C)N(C)CCCc2ccccc2)c(C(C)C)cc1O.Cl. The molecule has 3 nitrogen and oxygen atoms in total. The minimum absolute atomic E-state index is 0. The van der Waals surface area contributed by atoms with Crippen molar-refractivity contribution in [2.45, 2.75) is 52.7 Å². The minimum atomic E-state index is -0.0165. The van der Waals surface area contributed by atoms with Crippen LogP contribution in [0.5, 0.6) is 11.5 Å². The number of hydrogen-bond donors (Lipinski definition) is 1. The van der Waals surface area contributed by atoms with Gasteiger partial charge in [0.1, 0.15) is 17.7 Å². The van der Waals surface area contributed by atoms with Gasteiger partial charge in [0.25, 0.3) is 0 Å². The van der Waals surface area contributed by atoms with Gasteiger partial charge in [0.2, 0.25) is 0 Å².